The Morgan fingerprint density at radius 1 is 0.759 bits per heavy atom. The van der Waals surface area contributed by atoms with Gasteiger partial charge in [-0.3, -0.25) is 0 Å². The summed E-state index contributed by atoms with van der Waals surface area (Å²) in [6.07, 6.45) is -11.7. The molecular weight excluding hydrogens is 392 g/mol. The Morgan fingerprint density at radius 3 is 1.86 bits per heavy atom. The lowest BCUT2D eigenvalue weighted by molar-refractivity contribution is -0.442. The summed E-state index contributed by atoms with van der Waals surface area (Å²) >= 11 is 0. The van der Waals surface area contributed by atoms with Crippen LogP contribution in [-0.4, -0.2) is 109 Å². The molecule has 0 aromatic heterocycles. The van der Waals surface area contributed by atoms with Gasteiger partial charge in [0.05, 0.1) is 13.2 Å². The standard InChI is InChI=1S/C18H26O11/c19-6-10-12(22)14(24)16(26)18(28-10,9-4-2-1-3-5-9)29-17(8-21)15(25)13(23)11(7-20)27-17/h1-5,10-16,19-26H,6-8H2/t10-,11-,12-,13-,14+,15+,16-,17?,18+/m1/s1. The number of benzene rings is 1. The molecule has 11 nitrogen and oxygen atoms in total. The van der Waals surface area contributed by atoms with Gasteiger partial charge in [0.1, 0.15) is 49.3 Å². The average molecular weight is 418 g/mol. The second kappa shape index (κ2) is 8.49. The van der Waals surface area contributed by atoms with Crippen molar-refractivity contribution in [2.45, 2.75) is 54.3 Å². The van der Waals surface area contributed by atoms with E-state index in [0.717, 1.165) is 0 Å². The molecule has 0 spiro atoms. The highest BCUT2D eigenvalue weighted by molar-refractivity contribution is 5.24. The van der Waals surface area contributed by atoms with Crippen LogP contribution in [0.25, 0.3) is 0 Å². The lowest BCUT2D eigenvalue weighted by atomic mass is 9.87. The van der Waals surface area contributed by atoms with E-state index in [1.54, 1.807) is 18.2 Å². The maximum absolute atomic E-state index is 10.8. The van der Waals surface area contributed by atoms with Crippen LogP contribution in [0.15, 0.2) is 30.3 Å². The SMILES string of the molecule is OC[C@H]1OC(CO)(O[C@]2(c3ccccc3)O[C@H](CO)[C@@H](O)[C@H](O)[C@H]2O)[C@@H](O)[C@@H]1O. The Labute approximate surface area is 165 Å². The first-order valence-corrected chi connectivity index (χ1v) is 9.10. The number of ether oxygens (including phenoxy) is 3. The molecule has 2 saturated heterocycles. The molecule has 3 rings (SSSR count). The van der Waals surface area contributed by atoms with E-state index in [0.29, 0.717) is 0 Å². The van der Waals surface area contributed by atoms with Crippen LogP contribution in [0, 0.1) is 0 Å². The van der Waals surface area contributed by atoms with Gasteiger partial charge in [-0.05, 0) is 0 Å². The van der Waals surface area contributed by atoms with Crippen molar-refractivity contribution in [2.24, 2.45) is 0 Å². The van der Waals surface area contributed by atoms with Crippen molar-refractivity contribution >= 4 is 0 Å². The molecule has 2 fully saturated rings. The van der Waals surface area contributed by atoms with Crippen molar-refractivity contribution < 1.29 is 55.1 Å². The fourth-order valence-corrected chi connectivity index (χ4v) is 3.70. The van der Waals surface area contributed by atoms with Gasteiger partial charge in [-0.2, -0.15) is 0 Å². The van der Waals surface area contributed by atoms with Gasteiger partial charge in [-0.25, -0.2) is 0 Å². The molecule has 164 valence electrons. The normalized spacial score (nSPS) is 45.4. The highest BCUT2D eigenvalue weighted by atomic mass is 16.8. The molecule has 9 atom stereocenters. The van der Waals surface area contributed by atoms with E-state index in [1.807, 2.05) is 0 Å². The van der Waals surface area contributed by atoms with Crippen molar-refractivity contribution in [3.8, 4) is 0 Å². The molecule has 0 aliphatic carbocycles. The summed E-state index contributed by atoms with van der Waals surface area (Å²) < 4.78 is 16.8. The minimum absolute atomic E-state index is 0.113. The minimum atomic E-state index is -2.36. The third kappa shape index (κ3) is 3.58. The van der Waals surface area contributed by atoms with Crippen LogP contribution in [0.5, 0.6) is 0 Å². The van der Waals surface area contributed by atoms with Gasteiger partial charge in [0.15, 0.2) is 0 Å². The summed E-state index contributed by atoms with van der Waals surface area (Å²) in [5, 5.41) is 80.7. The molecule has 8 N–H and O–H groups in total. The molecule has 29 heavy (non-hydrogen) atoms. The second-order valence-electron chi connectivity index (χ2n) is 7.14. The summed E-state index contributed by atoms with van der Waals surface area (Å²) in [5.41, 5.74) is 0.113. The molecule has 1 aromatic rings. The van der Waals surface area contributed by atoms with Crippen LogP contribution < -0.4 is 0 Å². The van der Waals surface area contributed by atoms with Crippen molar-refractivity contribution in [2.75, 3.05) is 19.8 Å². The summed E-state index contributed by atoms with van der Waals surface area (Å²) in [4.78, 5) is 0. The Balaban J connectivity index is 2.10. The first kappa shape index (κ1) is 22.5. The molecule has 1 unspecified atom stereocenters. The topological polar surface area (TPSA) is 190 Å². The molecule has 2 heterocycles. The smallest absolute Gasteiger partial charge is 0.227 e. The molecule has 2 aliphatic rings. The highest BCUT2D eigenvalue weighted by Gasteiger charge is 2.64. The van der Waals surface area contributed by atoms with Crippen LogP contribution in [0.2, 0.25) is 0 Å². The van der Waals surface area contributed by atoms with E-state index in [-0.39, 0.29) is 5.56 Å². The maximum Gasteiger partial charge on any atom is 0.227 e. The molecule has 2 aliphatic heterocycles. The van der Waals surface area contributed by atoms with Crippen LogP contribution in [0.4, 0.5) is 0 Å². The van der Waals surface area contributed by atoms with Crippen molar-refractivity contribution in [1.82, 2.24) is 0 Å². The van der Waals surface area contributed by atoms with E-state index < -0.39 is 74.1 Å². The van der Waals surface area contributed by atoms with Crippen molar-refractivity contribution in [1.29, 1.82) is 0 Å². The van der Waals surface area contributed by atoms with Gasteiger partial charge in [-0.15, -0.1) is 0 Å². The van der Waals surface area contributed by atoms with Crippen LogP contribution >= 0.6 is 0 Å². The summed E-state index contributed by atoms with van der Waals surface area (Å²) in [6, 6.07) is 7.67. The molecule has 1 aromatic carbocycles. The predicted molar refractivity (Wildman–Crippen MR) is 93.0 cm³/mol. The van der Waals surface area contributed by atoms with Crippen molar-refractivity contribution in [3.63, 3.8) is 0 Å². The zero-order valence-corrected chi connectivity index (χ0v) is 15.4. The largest absolute Gasteiger partial charge is 0.394 e. The molecule has 0 radical (unpaired) electrons. The third-order valence-electron chi connectivity index (χ3n) is 5.36. The number of aliphatic hydroxyl groups is 8. The van der Waals surface area contributed by atoms with Gasteiger partial charge >= 0.3 is 0 Å². The van der Waals surface area contributed by atoms with Crippen LogP contribution in [0.1, 0.15) is 5.56 Å². The zero-order chi connectivity index (χ0) is 21.4. The Morgan fingerprint density at radius 2 is 1.34 bits per heavy atom. The zero-order valence-electron chi connectivity index (χ0n) is 15.4. The van der Waals surface area contributed by atoms with E-state index in [2.05, 4.69) is 0 Å². The molecule has 0 amide bonds. The summed E-state index contributed by atoms with van der Waals surface area (Å²) in [5.74, 6) is -4.67. The Hall–Kier alpha value is -1.22. The molecular formula is C18H26O11. The summed E-state index contributed by atoms with van der Waals surface area (Å²) in [6.45, 7) is -2.47. The lowest BCUT2D eigenvalue weighted by Crippen LogP contribution is -2.67. The highest BCUT2D eigenvalue weighted by Crippen LogP contribution is 2.45. The van der Waals surface area contributed by atoms with E-state index in [9.17, 15) is 40.9 Å². The minimum Gasteiger partial charge on any atom is -0.394 e. The Kier molecular flexibility index (Phi) is 6.58. The number of aliphatic hydroxyl groups excluding tert-OH is 8. The fraction of sp³-hybridized carbons (Fsp3) is 0.667. The molecule has 11 heteroatoms. The van der Waals surface area contributed by atoms with Gasteiger partial charge in [0.25, 0.3) is 0 Å². The maximum atomic E-state index is 10.8. The van der Waals surface area contributed by atoms with Gasteiger partial charge in [-0.1, -0.05) is 30.3 Å². The first-order chi connectivity index (χ1) is 13.8. The van der Waals surface area contributed by atoms with E-state index in [4.69, 9.17) is 14.2 Å². The number of hydrogen-bond acceptors (Lipinski definition) is 11. The quantitative estimate of drug-likeness (QED) is 0.226. The lowest BCUT2D eigenvalue weighted by Gasteiger charge is -2.51. The van der Waals surface area contributed by atoms with Gasteiger partial charge < -0.3 is 55.1 Å². The van der Waals surface area contributed by atoms with Crippen LogP contribution in [0.3, 0.4) is 0 Å². The predicted octanol–water partition coefficient (Wildman–Crippen LogP) is -3.87. The molecule has 0 saturated carbocycles. The monoisotopic (exact) mass is 418 g/mol. The Bertz CT molecular complexity index is 673. The third-order valence-corrected chi connectivity index (χ3v) is 5.36. The van der Waals surface area contributed by atoms with Gasteiger partial charge in [0.2, 0.25) is 11.6 Å². The van der Waals surface area contributed by atoms with Gasteiger partial charge in [0, 0.05) is 5.56 Å². The van der Waals surface area contributed by atoms with E-state index >= 15 is 0 Å². The van der Waals surface area contributed by atoms with E-state index in [1.165, 1.54) is 12.1 Å². The second-order valence-corrected chi connectivity index (χ2v) is 7.14. The average Bonchev–Trinajstić information content (AvgIpc) is 2.99. The number of hydrogen-bond donors (Lipinski definition) is 8. The van der Waals surface area contributed by atoms with Crippen molar-refractivity contribution in [3.05, 3.63) is 35.9 Å². The molecule has 0 bridgehead atoms. The van der Waals surface area contributed by atoms with Crippen LogP contribution in [-0.2, 0) is 20.0 Å². The fourth-order valence-electron chi connectivity index (χ4n) is 3.70. The number of rotatable bonds is 6. The first-order valence-electron chi connectivity index (χ1n) is 9.10. The summed E-state index contributed by atoms with van der Waals surface area (Å²) in [7, 11) is 0.